The monoisotopic (exact) mass is 322 g/mol. The molecule has 0 bridgehead atoms. The summed E-state index contributed by atoms with van der Waals surface area (Å²) < 4.78 is 0. The van der Waals surface area contributed by atoms with Crippen LogP contribution in [0.5, 0.6) is 0 Å². The van der Waals surface area contributed by atoms with Crippen LogP contribution in [0.1, 0.15) is 27.0 Å². The molecule has 0 unspecified atom stereocenters. The van der Waals surface area contributed by atoms with Crippen molar-refractivity contribution in [3.05, 3.63) is 70.1 Å². The number of hydrogen-bond donors (Lipinski definition) is 1. The molecule has 1 N–H and O–H groups in total. The van der Waals surface area contributed by atoms with Gasteiger partial charge in [-0.2, -0.15) is 0 Å². The Morgan fingerprint density at radius 2 is 1.74 bits per heavy atom. The molecule has 1 heterocycles. The summed E-state index contributed by atoms with van der Waals surface area (Å²) in [6.07, 6.45) is 0. The molecule has 3 aromatic rings. The average molecular weight is 322 g/mol. The number of carbonyl (C=O) groups is 1. The molecule has 0 atom stereocenters. The van der Waals surface area contributed by atoms with Crippen LogP contribution in [0.4, 0.5) is 5.13 Å². The highest BCUT2D eigenvalue weighted by Gasteiger charge is 2.10. The second-order valence-electron chi connectivity index (χ2n) is 5.66. The Labute approximate surface area is 140 Å². The van der Waals surface area contributed by atoms with Crippen molar-refractivity contribution in [3.8, 4) is 11.3 Å². The van der Waals surface area contributed by atoms with Gasteiger partial charge in [-0.3, -0.25) is 10.1 Å². The summed E-state index contributed by atoms with van der Waals surface area (Å²) in [5.41, 5.74) is 6.09. The quantitative estimate of drug-likeness (QED) is 0.738. The molecular weight excluding hydrogens is 304 g/mol. The van der Waals surface area contributed by atoms with Gasteiger partial charge in [0.25, 0.3) is 5.91 Å². The molecule has 0 saturated heterocycles. The highest BCUT2D eigenvalue weighted by atomic mass is 32.1. The molecule has 0 fully saturated rings. The molecule has 0 spiro atoms. The van der Waals surface area contributed by atoms with Crippen molar-refractivity contribution in [1.29, 1.82) is 0 Å². The van der Waals surface area contributed by atoms with Crippen molar-refractivity contribution in [2.45, 2.75) is 20.8 Å². The second-order valence-corrected chi connectivity index (χ2v) is 6.52. The van der Waals surface area contributed by atoms with Gasteiger partial charge in [-0.15, -0.1) is 11.3 Å². The summed E-state index contributed by atoms with van der Waals surface area (Å²) in [6, 6.07) is 13.9. The minimum Gasteiger partial charge on any atom is -0.298 e. The van der Waals surface area contributed by atoms with E-state index in [-0.39, 0.29) is 5.91 Å². The lowest BCUT2D eigenvalue weighted by atomic mass is 10.1. The summed E-state index contributed by atoms with van der Waals surface area (Å²) in [5, 5.41) is 5.45. The number of rotatable bonds is 3. The average Bonchev–Trinajstić information content (AvgIpc) is 2.99. The van der Waals surface area contributed by atoms with Crippen molar-refractivity contribution in [3.63, 3.8) is 0 Å². The van der Waals surface area contributed by atoms with Crippen LogP contribution in [-0.2, 0) is 0 Å². The molecule has 23 heavy (non-hydrogen) atoms. The molecular formula is C19H18N2OS. The molecule has 1 amide bonds. The largest absolute Gasteiger partial charge is 0.298 e. The molecule has 0 saturated carbocycles. The summed E-state index contributed by atoms with van der Waals surface area (Å²) in [4.78, 5) is 16.8. The van der Waals surface area contributed by atoms with E-state index in [1.807, 2.05) is 49.6 Å². The molecule has 116 valence electrons. The third kappa shape index (κ3) is 3.48. The standard InChI is InChI=1S/C19H18N2OS/c1-12-4-7-15(8-5-12)17-11-23-19(20-17)21-18(22)16-9-6-13(2)14(3)10-16/h4-11H,1-3H3,(H,20,21,22). The van der Waals surface area contributed by atoms with Gasteiger partial charge in [0.1, 0.15) is 0 Å². The molecule has 0 aliphatic rings. The first kappa shape index (κ1) is 15.4. The minimum absolute atomic E-state index is 0.127. The van der Waals surface area contributed by atoms with Crippen molar-refractivity contribution < 1.29 is 4.79 Å². The van der Waals surface area contributed by atoms with E-state index in [4.69, 9.17) is 0 Å². The van der Waals surface area contributed by atoms with Gasteiger partial charge < -0.3 is 0 Å². The Hall–Kier alpha value is -2.46. The van der Waals surface area contributed by atoms with Crippen molar-refractivity contribution in [1.82, 2.24) is 4.98 Å². The van der Waals surface area contributed by atoms with Crippen LogP contribution in [0, 0.1) is 20.8 Å². The first-order valence-corrected chi connectivity index (χ1v) is 8.32. The maximum absolute atomic E-state index is 12.3. The van der Waals surface area contributed by atoms with E-state index in [2.05, 4.69) is 29.4 Å². The summed E-state index contributed by atoms with van der Waals surface area (Å²) in [6.45, 7) is 6.09. The van der Waals surface area contributed by atoms with E-state index < -0.39 is 0 Å². The van der Waals surface area contributed by atoms with Crippen LogP contribution in [0.25, 0.3) is 11.3 Å². The van der Waals surface area contributed by atoms with Gasteiger partial charge in [0.2, 0.25) is 0 Å². The van der Waals surface area contributed by atoms with Crippen LogP contribution < -0.4 is 5.32 Å². The second kappa shape index (κ2) is 6.34. The molecule has 3 nitrogen and oxygen atoms in total. The van der Waals surface area contributed by atoms with Crippen molar-refractivity contribution >= 4 is 22.4 Å². The number of nitrogens with one attached hydrogen (secondary N) is 1. The fourth-order valence-corrected chi connectivity index (χ4v) is 2.95. The van der Waals surface area contributed by atoms with Gasteiger partial charge in [-0.1, -0.05) is 35.9 Å². The lowest BCUT2D eigenvalue weighted by Gasteiger charge is -2.05. The lowest BCUT2D eigenvalue weighted by Crippen LogP contribution is -2.12. The van der Waals surface area contributed by atoms with E-state index in [9.17, 15) is 4.79 Å². The van der Waals surface area contributed by atoms with Crippen LogP contribution in [0.2, 0.25) is 0 Å². The first-order valence-electron chi connectivity index (χ1n) is 7.44. The number of aryl methyl sites for hydroxylation is 3. The fourth-order valence-electron chi connectivity index (χ4n) is 2.24. The molecule has 0 aliphatic heterocycles. The van der Waals surface area contributed by atoms with Gasteiger partial charge >= 0.3 is 0 Å². The Morgan fingerprint density at radius 1 is 1.00 bits per heavy atom. The number of anilines is 1. The van der Waals surface area contributed by atoms with Gasteiger partial charge in [-0.05, 0) is 44.0 Å². The summed E-state index contributed by atoms with van der Waals surface area (Å²) in [5.74, 6) is -0.127. The van der Waals surface area contributed by atoms with Gasteiger partial charge in [-0.25, -0.2) is 4.98 Å². The van der Waals surface area contributed by atoms with Gasteiger partial charge in [0.05, 0.1) is 5.69 Å². The van der Waals surface area contributed by atoms with Crippen LogP contribution >= 0.6 is 11.3 Å². The zero-order valence-corrected chi connectivity index (χ0v) is 14.2. The number of benzene rings is 2. The zero-order chi connectivity index (χ0) is 16.4. The SMILES string of the molecule is Cc1ccc(-c2csc(NC(=O)c3ccc(C)c(C)c3)n2)cc1. The molecule has 4 heteroatoms. The van der Waals surface area contributed by atoms with Gasteiger partial charge in [0, 0.05) is 16.5 Å². The Bertz CT molecular complexity index is 850. The van der Waals surface area contributed by atoms with Crippen LogP contribution in [-0.4, -0.2) is 10.9 Å². The van der Waals surface area contributed by atoms with E-state index in [0.717, 1.165) is 16.8 Å². The molecule has 1 aromatic heterocycles. The number of hydrogen-bond acceptors (Lipinski definition) is 3. The Balaban J connectivity index is 1.77. The topological polar surface area (TPSA) is 42.0 Å². The van der Waals surface area contributed by atoms with Crippen LogP contribution in [0.15, 0.2) is 47.8 Å². The van der Waals surface area contributed by atoms with E-state index in [1.165, 1.54) is 22.5 Å². The molecule has 0 radical (unpaired) electrons. The van der Waals surface area contributed by atoms with Crippen molar-refractivity contribution in [2.24, 2.45) is 0 Å². The first-order chi connectivity index (χ1) is 11.0. The number of thiazole rings is 1. The highest BCUT2D eigenvalue weighted by Crippen LogP contribution is 2.25. The predicted octanol–water partition coefficient (Wildman–Crippen LogP) is 4.99. The van der Waals surface area contributed by atoms with Gasteiger partial charge in [0.15, 0.2) is 5.13 Å². The third-order valence-corrected chi connectivity index (χ3v) is 4.60. The van der Waals surface area contributed by atoms with E-state index in [1.54, 1.807) is 0 Å². The predicted molar refractivity (Wildman–Crippen MR) is 96.2 cm³/mol. The van der Waals surface area contributed by atoms with Crippen LogP contribution in [0.3, 0.4) is 0 Å². The molecule has 2 aromatic carbocycles. The minimum atomic E-state index is -0.127. The Morgan fingerprint density at radius 3 is 2.43 bits per heavy atom. The highest BCUT2D eigenvalue weighted by molar-refractivity contribution is 7.14. The number of aromatic nitrogens is 1. The number of carbonyl (C=O) groups excluding carboxylic acids is 1. The van der Waals surface area contributed by atoms with E-state index >= 15 is 0 Å². The molecule has 3 rings (SSSR count). The number of amides is 1. The Kier molecular flexibility index (Phi) is 4.26. The molecule has 0 aliphatic carbocycles. The van der Waals surface area contributed by atoms with Crippen molar-refractivity contribution in [2.75, 3.05) is 5.32 Å². The maximum atomic E-state index is 12.3. The third-order valence-electron chi connectivity index (χ3n) is 3.84. The summed E-state index contributed by atoms with van der Waals surface area (Å²) >= 11 is 1.44. The maximum Gasteiger partial charge on any atom is 0.257 e. The summed E-state index contributed by atoms with van der Waals surface area (Å²) in [7, 11) is 0. The normalized spacial score (nSPS) is 10.6. The smallest absolute Gasteiger partial charge is 0.257 e. The van der Waals surface area contributed by atoms with E-state index in [0.29, 0.717) is 10.7 Å². The lowest BCUT2D eigenvalue weighted by molar-refractivity contribution is 0.102. The fraction of sp³-hybridized carbons (Fsp3) is 0.158. The zero-order valence-electron chi connectivity index (χ0n) is 13.4. The number of nitrogens with zero attached hydrogens (tertiary/aromatic N) is 1.